The summed E-state index contributed by atoms with van der Waals surface area (Å²) in [6.07, 6.45) is 1.42. The predicted octanol–water partition coefficient (Wildman–Crippen LogP) is 1.49. The summed E-state index contributed by atoms with van der Waals surface area (Å²) in [4.78, 5) is 38.4. The van der Waals surface area contributed by atoms with E-state index in [1.165, 1.54) is 42.2 Å². The first-order valence-electron chi connectivity index (χ1n) is 6.46. The van der Waals surface area contributed by atoms with Crippen molar-refractivity contribution >= 4 is 23.4 Å². The van der Waals surface area contributed by atoms with Gasteiger partial charge in [-0.1, -0.05) is 6.08 Å². The van der Waals surface area contributed by atoms with E-state index >= 15 is 0 Å². The SMILES string of the molecule is C=CCN(C(C)=O)C1CC(=O)N(c2ccc(F)cc2)C1=O. The fourth-order valence-corrected chi connectivity index (χ4v) is 2.34. The number of imide groups is 1. The molecule has 1 aliphatic heterocycles. The molecule has 5 nitrogen and oxygen atoms in total. The van der Waals surface area contributed by atoms with Gasteiger partial charge in [0.25, 0.3) is 5.91 Å². The molecule has 1 aliphatic rings. The molecule has 1 aromatic rings. The molecule has 0 aliphatic carbocycles. The van der Waals surface area contributed by atoms with Crippen LogP contribution in [-0.2, 0) is 14.4 Å². The van der Waals surface area contributed by atoms with Crippen molar-refractivity contribution in [3.8, 4) is 0 Å². The Balaban J connectivity index is 2.29. The Bertz CT molecular complexity index is 597. The van der Waals surface area contributed by atoms with E-state index in [1.54, 1.807) is 0 Å². The van der Waals surface area contributed by atoms with Crippen LogP contribution in [0.1, 0.15) is 13.3 Å². The second-order valence-corrected chi connectivity index (χ2v) is 4.72. The molecule has 1 heterocycles. The Labute approximate surface area is 121 Å². The van der Waals surface area contributed by atoms with Crippen molar-refractivity contribution in [2.45, 2.75) is 19.4 Å². The van der Waals surface area contributed by atoms with Crippen LogP contribution in [0.5, 0.6) is 0 Å². The number of halogens is 1. The number of rotatable bonds is 4. The van der Waals surface area contributed by atoms with E-state index in [0.29, 0.717) is 5.69 Å². The van der Waals surface area contributed by atoms with Crippen molar-refractivity contribution in [1.29, 1.82) is 0 Å². The molecule has 6 heteroatoms. The van der Waals surface area contributed by atoms with Crippen LogP contribution in [0.3, 0.4) is 0 Å². The first kappa shape index (κ1) is 14.9. The highest BCUT2D eigenvalue weighted by Gasteiger charge is 2.43. The second-order valence-electron chi connectivity index (χ2n) is 4.72. The average Bonchev–Trinajstić information content (AvgIpc) is 2.72. The van der Waals surface area contributed by atoms with Crippen LogP contribution in [0.4, 0.5) is 10.1 Å². The van der Waals surface area contributed by atoms with Gasteiger partial charge < -0.3 is 4.90 Å². The van der Waals surface area contributed by atoms with E-state index in [2.05, 4.69) is 6.58 Å². The molecule has 0 N–H and O–H groups in total. The third kappa shape index (κ3) is 2.84. The van der Waals surface area contributed by atoms with E-state index in [-0.39, 0.29) is 18.9 Å². The Morgan fingerprint density at radius 2 is 2.05 bits per heavy atom. The van der Waals surface area contributed by atoms with Crippen LogP contribution < -0.4 is 4.90 Å². The highest BCUT2D eigenvalue weighted by molar-refractivity contribution is 6.22. The normalized spacial score (nSPS) is 18.0. The van der Waals surface area contributed by atoms with Crippen molar-refractivity contribution in [3.63, 3.8) is 0 Å². The maximum absolute atomic E-state index is 12.9. The predicted molar refractivity (Wildman–Crippen MR) is 74.9 cm³/mol. The third-order valence-electron chi connectivity index (χ3n) is 3.31. The van der Waals surface area contributed by atoms with Gasteiger partial charge in [0.2, 0.25) is 11.8 Å². The zero-order valence-corrected chi connectivity index (χ0v) is 11.6. The Morgan fingerprint density at radius 3 is 2.57 bits per heavy atom. The van der Waals surface area contributed by atoms with Gasteiger partial charge in [0.1, 0.15) is 11.9 Å². The summed E-state index contributed by atoms with van der Waals surface area (Å²) >= 11 is 0. The summed E-state index contributed by atoms with van der Waals surface area (Å²) < 4.78 is 12.9. The summed E-state index contributed by atoms with van der Waals surface area (Å²) in [6.45, 7) is 5.07. The fraction of sp³-hybridized carbons (Fsp3) is 0.267. The lowest BCUT2D eigenvalue weighted by Gasteiger charge is -2.25. The van der Waals surface area contributed by atoms with Crippen molar-refractivity contribution in [3.05, 3.63) is 42.7 Å². The molecule has 0 bridgehead atoms. The largest absolute Gasteiger partial charge is 0.327 e. The number of hydrogen-bond acceptors (Lipinski definition) is 3. The lowest BCUT2D eigenvalue weighted by atomic mass is 10.2. The highest BCUT2D eigenvalue weighted by atomic mass is 19.1. The number of nitrogens with zero attached hydrogens (tertiary/aromatic N) is 2. The molecular formula is C15H15FN2O3. The first-order valence-corrected chi connectivity index (χ1v) is 6.46. The second kappa shape index (κ2) is 5.87. The lowest BCUT2D eigenvalue weighted by Crippen LogP contribution is -2.44. The van der Waals surface area contributed by atoms with Crippen LogP contribution in [0.2, 0.25) is 0 Å². The summed E-state index contributed by atoms with van der Waals surface area (Å²) in [5.41, 5.74) is 0.302. The quantitative estimate of drug-likeness (QED) is 0.623. The molecule has 110 valence electrons. The summed E-state index contributed by atoms with van der Waals surface area (Å²) in [5.74, 6) is -1.65. The molecule has 1 unspecified atom stereocenters. The zero-order chi connectivity index (χ0) is 15.6. The van der Waals surface area contributed by atoms with E-state index in [1.807, 2.05) is 0 Å². The van der Waals surface area contributed by atoms with Crippen LogP contribution in [0, 0.1) is 5.82 Å². The van der Waals surface area contributed by atoms with Gasteiger partial charge in [0.05, 0.1) is 12.1 Å². The molecule has 0 aromatic heterocycles. The lowest BCUT2D eigenvalue weighted by molar-refractivity contribution is -0.135. The van der Waals surface area contributed by atoms with Crippen LogP contribution in [-0.4, -0.2) is 35.2 Å². The minimum atomic E-state index is -0.835. The van der Waals surface area contributed by atoms with Gasteiger partial charge in [0.15, 0.2) is 0 Å². The van der Waals surface area contributed by atoms with E-state index in [4.69, 9.17) is 0 Å². The molecule has 2 rings (SSSR count). The van der Waals surface area contributed by atoms with Crippen LogP contribution >= 0.6 is 0 Å². The number of hydrogen-bond donors (Lipinski definition) is 0. The molecular weight excluding hydrogens is 275 g/mol. The third-order valence-corrected chi connectivity index (χ3v) is 3.31. The average molecular weight is 290 g/mol. The number of anilines is 1. The molecule has 1 fully saturated rings. The number of benzene rings is 1. The molecule has 0 spiro atoms. The molecule has 3 amide bonds. The fourth-order valence-electron chi connectivity index (χ4n) is 2.34. The summed E-state index contributed by atoms with van der Waals surface area (Å²) in [5, 5.41) is 0. The Hall–Kier alpha value is -2.50. The van der Waals surface area contributed by atoms with Gasteiger partial charge in [0, 0.05) is 13.5 Å². The molecule has 1 atom stereocenters. The highest BCUT2D eigenvalue weighted by Crippen LogP contribution is 2.25. The number of amides is 3. The van der Waals surface area contributed by atoms with Crippen LogP contribution in [0.15, 0.2) is 36.9 Å². The van der Waals surface area contributed by atoms with Crippen LogP contribution in [0.25, 0.3) is 0 Å². The topological polar surface area (TPSA) is 57.7 Å². The summed E-state index contributed by atoms with van der Waals surface area (Å²) in [7, 11) is 0. The van der Waals surface area contributed by atoms with Gasteiger partial charge in [-0.15, -0.1) is 6.58 Å². The minimum absolute atomic E-state index is 0.0797. The number of carbonyl (C=O) groups excluding carboxylic acids is 3. The molecule has 1 aromatic carbocycles. The minimum Gasteiger partial charge on any atom is -0.327 e. The van der Waals surface area contributed by atoms with Gasteiger partial charge >= 0.3 is 0 Å². The zero-order valence-electron chi connectivity index (χ0n) is 11.6. The molecule has 21 heavy (non-hydrogen) atoms. The van der Waals surface area contributed by atoms with Crippen molar-refractivity contribution < 1.29 is 18.8 Å². The molecule has 1 saturated heterocycles. The molecule has 0 radical (unpaired) electrons. The van der Waals surface area contributed by atoms with E-state index in [0.717, 1.165) is 4.90 Å². The van der Waals surface area contributed by atoms with Gasteiger partial charge in [-0.3, -0.25) is 14.4 Å². The smallest absolute Gasteiger partial charge is 0.257 e. The van der Waals surface area contributed by atoms with E-state index in [9.17, 15) is 18.8 Å². The maximum atomic E-state index is 12.9. The van der Waals surface area contributed by atoms with Gasteiger partial charge in [-0.25, -0.2) is 9.29 Å². The van der Waals surface area contributed by atoms with Crippen molar-refractivity contribution in [1.82, 2.24) is 4.90 Å². The first-order chi connectivity index (χ1) is 9.95. The standard InChI is InChI=1S/C15H15FN2O3/c1-3-8-17(10(2)19)13-9-14(20)18(15(13)21)12-6-4-11(16)5-7-12/h3-7,13H,1,8-9H2,2H3. The van der Waals surface area contributed by atoms with E-state index < -0.39 is 23.7 Å². The van der Waals surface area contributed by atoms with Gasteiger partial charge in [-0.05, 0) is 24.3 Å². The van der Waals surface area contributed by atoms with Crippen molar-refractivity contribution in [2.75, 3.05) is 11.4 Å². The molecule has 0 saturated carbocycles. The van der Waals surface area contributed by atoms with Gasteiger partial charge in [-0.2, -0.15) is 0 Å². The van der Waals surface area contributed by atoms with Crippen molar-refractivity contribution in [2.24, 2.45) is 0 Å². The summed E-state index contributed by atoms with van der Waals surface area (Å²) in [6, 6.07) is 4.24. The number of carbonyl (C=O) groups is 3. The monoisotopic (exact) mass is 290 g/mol. The Morgan fingerprint density at radius 1 is 1.43 bits per heavy atom. The maximum Gasteiger partial charge on any atom is 0.257 e. The Kier molecular flexibility index (Phi) is 4.16.